The molecular weight excluding hydrogens is 383 g/mol. The molecule has 1 unspecified atom stereocenters. The lowest BCUT2D eigenvalue weighted by atomic mass is 10.2. The lowest BCUT2D eigenvalue weighted by Gasteiger charge is -2.16. The summed E-state index contributed by atoms with van der Waals surface area (Å²) in [6, 6.07) is 5.80. The van der Waals surface area contributed by atoms with Crippen molar-refractivity contribution in [3.8, 4) is 11.5 Å². The van der Waals surface area contributed by atoms with E-state index >= 15 is 0 Å². The van der Waals surface area contributed by atoms with Gasteiger partial charge < -0.3 is 19.5 Å². The molecule has 0 aliphatic carbocycles. The number of rotatable bonds is 6. The lowest BCUT2D eigenvalue weighted by molar-refractivity contribution is -0.123. The quantitative estimate of drug-likeness (QED) is 0.590. The Bertz CT molecular complexity index is 829. The van der Waals surface area contributed by atoms with Gasteiger partial charge in [-0.25, -0.2) is 9.78 Å². The first-order chi connectivity index (χ1) is 12.3. The molecule has 138 valence electrons. The molecule has 26 heavy (non-hydrogen) atoms. The Labute approximate surface area is 160 Å². The number of methoxy groups -OCH3 is 2. The highest BCUT2D eigenvalue weighted by atomic mass is 35.5. The van der Waals surface area contributed by atoms with Crippen molar-refractivity contribution >= 4 is 40.8 Å². The highest BCUT2D eigenvalue weighted by Crippen LogP contribution is 2.36. The molecule has 0 radical (unpaired) electrons. The zero-order valence-corrected chi connectivity index (χ0v) is 15.7. The summed E-state index contributed by atoms with van der Waals surface area (Å²) in [7, 11) is 2.90. The van der Waals surface area contributed by atoms with Gasteiger partial charge in [0.15, 0.2) is 6.10 Å². The minimum atomic E-state index is -1.07. The molecule has 0 aliphatic heterocycles. The van der Waals surface area contributed by atoms with E-state index in [0.29, 0.717) is 22.2 Å². The number of carbonyl (C=O) groups is 2. The zero-order chi connectivity index (χ0) is 19.3. The predicted octanol–water partition coefficient (Wildman–Crippen LogP) is 3.59. The number of hydrogen-bond donors (Lipinski definition) is 1. The van der Waals surface area contributed by atoms with Crippen molar-refractivity contribution in [1.82, 2.24) is 4.98 Å². The first-order valence-electron chi connectivity index (χ1n) is 7.40. The number of aromatic nitrogens is 1. The van der Waals surface area contributed by atoms with Crippen molar-refractivity contribution in [2.75, 3.05) is 19.5 Å². The van der Waals surface area contributed by atoms with E-state index in [1.807, 2.05) is 0 Å². The van der Waals surface area contributed by atoms with Crippen molar-refractivity contribution in [1.29, 1.82) is 0 Å². The van der Waals surface area contributed by atoms with Gasteiger partial charge in [-0.05, 0) is 25.1 Å². The van der Waals surface area contributed by atoms with Crippen LogP contribution in [-0.4, -0.2) is 37.2 Å². The third kappa shape index (κ3) is 4.77. The van der Waals surface area contributed by atoms with Crippen LogP contribution in [0.15, 0.2) is 30.5 Å². The molecule has 7 nitrogen and oxygen atoms in total. The van der Waals surface area contributed by atoms with Crippen LogP contribution >= 0.6 is 23.2 Å². The van der Waals surface area contributed by atoms with Crippen molar-refractivity contribution in [3.05, 3.63) is 46.2 Å². The van der Waals surface area contributed by atoms with Crippen LogP contribution in [0.25, 0.3) is 0 Å². The van der Waals surface area contributed by atoms with Crippen LogP contribution in [-0.2, 0) is 9.53 Å². The molecule has 0 spiro atoms. The zero-order valence-electron chi connectivity index (χ0n) is 14.2. The number of esters is 1. The van der Waals surface area contributed by atoms with Crippen LogP contribution in [0.3, 0.4) is 0 Å². The first kappa shape index (κ1) is 19.8. The van der Waals surface area contributed by atoms with Gasteiger partial charge in [-0.1, -0.05) is 23.2 Å². The minimum absolute atomic E-state index is 0.147. The number of carbonyl (C=O) groups excluding carboxylic acids is 2. The molecule has 0 fully saturated rings. The molecule has 1 N–H and O–H groups in total. The third-order valence-corrected chi connectivity index (χ3v) is 3.85. The second kappa shape index (κ2) is 8.73. The maximum Gasteiger partial charge on any atom is 0.339 e. The molecule has 2 rings (SSSR count). The van der Waals surface area contributed by atoms with Gasteiger partial charge in [0.1, 0.15) is 16.7 Å². The van der Waals surface area contributed by atoms with Crippen molar-refractivity contribution in [2.24, 2.45) is 0 Å². The van der Waals surface area contributed by atoms with Crippen LogP contribution in [0.2, 0.25) is 10.2 Å². The standard InChI is InChI=1S/C17H16Cl2N2O5/c1-9(26-17(23)10-4-5-20-15(19)6-10)16(22)21-12-7-11(18)13(24-2)8-14(12)25-3/h4-9H,1-3H3,(H,21,22). The molecule has 1 aromatic carbocycles. The third-order valence-electron chi connectivity index (χ3n) is 3.35. The van der Waals surface area contributed by atoms with Gasteiger partial charge in [-0.15, -0.1) is 0 Å². The van der Waals surface area contributed by atoms with E-state index < -0.39 is 18.0 Å². The van der Waals surface area contributed by atoms with Gasteiger partial charge in [0.05, 0.1) is 30.5 Å². The Kier molecular flexibility index (Phi) is 6.65. The number of halogens is 2. The molecule has 1 heterocycles. The highest BCUT2D eigenvalue weighted by molar-refractivity contribution is 6.32. The largest absolute Gasteiger partial charge is 0.495 e. The summed E-state index contributed by atoms with van der Waals surface area (Å²) >= 11 is 11.8. The number of pyridine rings is 1. The fraction of sp³-hybridized carbons (Fsp3) is 0.235. The number of nitrogens with zero attached hydrogens (tertiary/aromatic N) is 1. The number of ether oxygens (including phenoxy) is 3. The van der Waals surface area contributed by atoms with Crippen LogP contribution < -0.4 is 14.8 Å². The smallest absolute Gasteiger partial charge is 0.339 e. The Morgan fingerprint density at radius 3 is 2.42 bits per heavy atom. The molecule has 0 bridgehead atoms. The number of nitrogens with one attached hydrogen (secondary N) is 1. The summed E-state index contributed by atoms with van der Waals surface area (Å²) in [6.07, 6.45) is 0.300. The summed E-state index contributed by atoms with van der Waals surface area (Å²) < 4.78 is 15.4. The van der Waals surface area contributed by atoms with Crippen LogP contribution in [0.4, 0.5) is 5.69 Å². The fourth-order valence-corrected chi connectivity index (χ4v) is 2.42. The number of amides is 1. The highest BCUT2D eigenvalue weighted by Gasteiger charge is 2.21. The molecule has 1 atom stereocenters. The second-order valence-electron chi connectivity index (χ2n) is 5.09. The summed E-state index contributed by atoms with van der Waals surface area (Å²) in [5.41, 5.74) is 0.507. The van der Waals surface area contributed by atoms with E-state index in [9.17, 15) is 9.59 Å². The van der Waals surface area contributed by atoms with Gasteiger partial charge in [0.25, 0.3) is 5.91 Å². The average molecular weight is 399 g/mol. The monoisotopic (exact) mass is 398 g/mol. The molecule has 9 heteroatoms. The molecule has 1 amide bonds. The van der Waals surface area contributed by atoms with E-state index in [1.165, 1.54) is 51.6 Å². The van der Waals surface area contributed by atoms with Gasteiger partial charge in [0, 0.05) is 12.3 Å². The molecule has 0 aliphatic rings. The van der Waals surface area contributed by atoms with Gasteiger partial charge in [-0.3, -0.25) is 4.79 Å². The summed E-state index contributed by atoms with van der Waals surface area (Å²) in [6.45, 7) is 1.44. The average Bonchev–Trinajstić information content (AvgIpc) is 2.61. The van der Waals surface area contributed by atoms with Crippen LogP contribution in [0.1, 0.15) is 17.3 Å². The van der Waals surface area contributed by atoms with Gasteiger partial charge in [0.2, 0.25) is 0 Å². The van der Waals surface area contributed by atoms with Crippen molar-refractivity contribution < 1.29 is 23.8 Å². The maximum absolute atomic E-state index is 12.3. The molecular formula is C17H16Cl2N2O5. The minimum Gasteiger partial charge on any atom is -0.495 e. The van der Waals surface area contributed by atoms with E-state index in [4.69, 9.17) is 37.4 Å². The molecule has 0 saturated heterocycles. The molecule has 1 aromatic heterocycles. The molecule has 0 saturated carbocycles. The Morgan fingerprint density at radius 1 is 1.12 bits per heavy atom. The second-order valence-corrected chi connectivity index (χ2v) is 5.89. The summed E-state index contributed by atoms with van der Waals surface area (Å²) in [5.74, 6) is -0.510. The topological polar surface area (TPSA) is 86.8 Å². The Balaban J connectivity index is 2.09. The number of hydrogen-bond acceptors (Lipinski definition) is 6. The fourth-order valence-electron chi connectivity index (χ4n) is 2.00. The summed E-state index contributed by atoms with van der Waals surface area (Å²) in [4.78, 5) is 28.2. The summed E-state index contributed by atoms with van der Waals surface area (Å²) in [5, 5.41) is 3.04. The van der Waals surface area contributed by atoms with E-state index in [-0.39, 0.29) is 10.7 Å². The first-order valence-corrected chi connectivity index (χ1v) is 8.16. The lowest BCUT2D eigenvalue weighted by Crippen LogP contribution is -2.30. The Morgan fingerprint density at radius 2 is 1.81 bits per heavy atom. The van der Waals surface area contributed by atoms with Gasteiger partial charge in [-0.2, -0.15) is 0 Å². The number of benzene rings is 1. The van der Waals surface area contributed by atoms with E-state index in [0.717, 1.165) is 0 Å². The van der Waals surface area contributed by atoms with Crippen LogP contribution in [0, 0.1) is 0 Å². The molecule has 2 aromatic rings. The van der Waals surface area contributed by atoms with Crippen LogP contribution in [0.5, 0.6) is 11.5 Å². The SMILES string of the molecule is COc1cc(OC)c(NC(=O)C(C)OC(=O)c2ccnc(Cl)c2)cc1Cl. The Hall–Kier alpha value is -2.51. The normalized spacial score (nSPS) is 11.4. The van der Waals surface area contributed by atoms with E-state index in [2.05, 4.69) is 10.3 Å². The van der Waals surface area contributed by atoms with Crippen molar-refractivity contribution in [3.63, 3.8) is 0 Å². The predicted molar refractivity (Wildman–Crippen MR) is 97.3 cm³/mol. The maximum atomic E-state index is 12.3. The number of anilines is 1. The van der Waals surface area contributed by atoms with Gasteiger partial charge >= 0.3 is 5.97 Å². The van der Waals surface area contributed by atoms with E-state index in [1.54, 1.807) is 0 Å². The van der Waals surface area contributed by atoms with Crippen molar-refractivity contribution in [2.45, 2.75) is 13.0 Å².